The number of amides is 2. The molecule has 1 saturated carbocycles. The van der Waals surface area contributed by atoms with Crippen molar-refractivity contribution in [1.82, 2.24) is 15.1 Å². The SMILES string of the molecule is O=C(CN1CCN(C(=O)[C@@]23CCCC[C@H]2CNC3)CC1)Nc1ccccc1. The number of benzene rings is 1. The summed E-state index contributed by atoms with van der Waals surface area (Å²) in [6, 6.07) is 9.54. The van der Waals surface area contributed by atoms with Gasteiger partial charge in [0, 0.05) is 38.4 Å². The summed E-state index contributed by atoms with van der Waals surface area (Å²) in [4.78, 5) is 29.8. The molecule has 6 heteroatoms. The van der Waals surface area contributed by atoms with Gasteiger partial charge in [0.1, 0.15) is 0 Å². The fourth-order valence-corrected chi connectivity index (χ4v) is 5.02. The lowest BCUT2D eigenvalue weighted by atomic mass is 9.67. The van der Waals surface area contributed by atoms with Gasteiger partial charge < -0.3 is 15.5 Å². The normalized spacial score (nSPS) is 28.6. The summed E-state index contributed by atoms with van der Waals surface area (Å²) >= 11 is 0. The topological polar surface area (TPSA) is 64.7 Å². The van der Waals surface area contributed by atoms with Crippen molar-refractivity contribution in [2.45, 2.75) is 25.7 Å². The van der Waals surface area contributed by atoms with Gasteiger partial charge in [-0.15, -0.1) is 0 Å². The molecule has 4 rings (SSSR count). The summed E-state index contributed by atoms with van der Waals surface area (Å²) in [5.74, 6) is 0.867. The third-order valence-corrected chi connectivity index (χ3v) is 6.55. The predicted octanol–water partition coefficient (Wildman–Crippen LogP) is 1.55. The number of piperazine rings is 1. The zero-order valence-corrected chi connectivity index (χ0v) is 16.0. The van der Waals surface area contributed by atoms with E-state index in [4.69, 9.17) is 0 Å². The van der Waals surface area contributed by atoms with Crippen LogP contribution < -0.4 is 10.6 Å². The molecule has 0 aromatic heterocycles. The highest BCUT2D eigenvalue weighted by molar-refractivity contribution is 5.92. The molecule has 1 aromatic carbocycles. The highest BCUT2D eigenvalue weighted by Crippen LogP contribution is 2.45. The van der Waals surface area contributed by atoms with Gasteiger partial charge in [0.15, 0.2) is 0 Å². The smallest absolute Gasteiger partial charge is 0.238 e. The fourth-order valence-electron chi connectivity index (χ4n) is 5.02. The highest BCUT2D eigenvalue weighted by Gasteiger charge is 2.51. The average molecular weight is 370 g/mol. The minimum absolute atomic E-state index is 0.00640. The summed E-state index contributed by atoms with van der Waals surface area (Å²) in [6.07, 6.45) is 4.64. The largest absolute Gasteiger partial charge is 0.340 e. The summed E-state index contributed by atoms with van der Waals surface area (Å²) in [7, 11) is 0. The van der Waals surface area contributed by atoms with Crippen LogP contribution in [0, 0.1) is 11.3 Å². The molecule has 2 N–H and O–H groups in total. The molecule has 2 heterocycles. The fraction of sp³-hybridized carbons (Fsp3) is 0.619. The third kappa shape index (κ3) is 3.87. The molecular formula is C21H30N4O2. The molecule has 0 spiro atoms. The Hall–Kier alpha value is -1.92. The number of fused-ring (bicyclic) bond motifs is 1. The molecular weight excluding hydrogens is 340 g/mol. The summed E-state index contributed by atoms with van der Waals surface area (Å²) in [5, 5.41) is 6.41. The number of nitrogens with zero attached hydrogens (tertiary/aromatic N) is 2. The van der Waals surface area contributed by atoms with Crippen molar-refractivity contribution in [2.75, 3.05) is 51.1 Å². The first-order chi connectivity index (χ1) is 13.2. The quantitative estimate of drug-likeness (QED) is 0.844. The molecule has 2 amide bonds. The maximum atomic E-state index is 13.3. The summed E-state index contributed by atoms with van der Waals surface area (Å²) < 4.78 is 0. The van der Waals surface area contributed by atoms with E-state index < -0.39 is 0 Å². The Morgan fingerprint density at radius 1 is 1.11 bits per heavy atom. The monoisotopic (exact) mass is 370 g/mol. The standard InChI is InChI=1S/C21H30N4O2/c26-19(23-18-7-2-1-3-8-18)15-24-10-12-25(13-11-24)20(27)21-9-5-4-6-17(21)14-22-16-21/h1-3,7-8,17,22H,4-6,9-16H2,(H,23,26)/t17-,21+/m0/s1. The summed E-state index contributed by atoms with van der Waals surface area (Å²) in [5.41, 5.74) is 0.665. The number of hydrogen-bond donors (Lipinski definition) is 2. The van der Waals surface area contributed by atoms with Gasteiger partial charge in [-0.2, -0.15) is 0 Å². The minimum atomic E-state index is -0.162. The maximum Gasteiger partial charge on any atom is 0.238 e. The predicted molar refractivity (Wildman–Crippen MR) is 105 cm³/mol. The second kappa shape index (κ2) is 7.98. The Labute approximate surface area is 161 Å². The minimum Gasteiger partial charge on any atom is -0.340 e. The van der Waals surface area contributed by atoms with Crippen LogP contribution in [-0.4, -0.2) is 67.4 Å². The van der Waals surface area contributed by atoms with Crippen LogP contribution >= 0.6 is 0 Å². The molecule has 2 saturated heterocycles. The van der Waals surface area contributed by atoms with Crippen LogP contribution in [0.5, 0.6) is 0 Å². The van der Waals surface area contributed by atoms with Gasteiger partial charge in [0.25, 0.3) is 0 Å². The zero-order valence-electron chi connectivity index (χ0n) is 16.0. The lowest BCUT2D eigenvalue weighted by Gasteiger charge is -2.43. The Bertz CT molecular complexity index is 672. The summed E-state index contributed by atoms with van der Waals surface area (Å²) in [6.45, 7) is 5.20. The van der Waals surface area contributed by atoms with E-state index in [0.717, 1.165) is 51.4 Å². The van der Waals surface area contributed by atoms with Crippen LogP contribution in [-0.2, 0) is 9.59 Å². The van der Waals surface area contributed by atoms with E-state index in [9.17, 15) is 9.59 Å². The van der Waals surface area contributed by atoms with Crippen LogP contribution in [0.4, 0.5) is 5.69 Å². The van der Waals surface area contributed by atoms with Gasteiger partial charge in [-0.3, -0.25) is 14.5 Å². The molecule has 2 aliphatic heterocycles. The first-order valence-electron chi connectivity index (χ1n) is 10.2. The Morgan fingerprint density at radius 2 is 1.89 bits per heavy atom. The van der Waals surface area contributed by atoms with Crippen molar-refractivity contribution in [2.24, 2.45) is 11.3 Å². The van der Waals surface area contributed by atoms with Gasteiger partial charge in [0.2, 0.25) is 11.8 Å². The maximum absolute atomic E-state index is 13.3. The van der Waals surface area contributed by atoms with E-state index in [1.807, 2.05) is 30.3 Å². The van der Waals surface area contributed by atoms with Crippen molar-refractivity contribution in [3.05, 3.63) is 30.3 Å². The van der Waals surface area contributed by atoms with Gasteiger partial charge >= 0.3 is 0 Å². The molecule has 1 aromatic rings. The molecule has 3 fully saturated rings. The van der Waals surface area contributed by atoms with E-state index >= 15 is 0 Å². The lowest BCUT2D eigenvalue weighted by molar-refractivity contribution is -0.147. The number of rotatable bonds is 4. The molecule has 6 nitrogen and oxygen atoms in total. The van der Waals surface area contributed by atoms with Crippen LogP contribution in [0.3, 0.4) is 0 Å². The highest BCUT2D eigenvalue weighted by atomic mass is 16.2. The van der Waals surface area contributed by atoms with Crippen molar-refractivity contribution < 1.29 is 9.59 Å². The van der Waals surface area contributed by atoms with Gasteiger partial charge in [-0.25, -0.2) is 0 Å². The van der Waals surface area contributed by atoms with Crippen LogP contribution in [0.2, 0.25) is 0 Å². The van der Waals surface area contributed by atoms with E-state index in [1.165, 1.54) is 19.3 Å². The van der Waals surface area contributed by atoms with Crippen molar-refractivity contribution in [3.63, 3.8) is 0 Å². The Balaban J connectivity index is 1.28. The van der Waals surface area contributed by atoms with Crippen molar-refractivity contribution in [1.29, 1.82) is 0 Å². The number of para-hydroxylation sites is 1. The number of hydrogen-bond acceptors (Lipinski definition) is 4. The molecule has 2 atom stereocenters. The van der Waals surface area contributed by atoms with E-state index in [2.05, 4.69) is 20.4 Å². The number of nitrogens with one attached hydrogen (secondary N) is 2. The molecule has 0 unspecified atom stereocenters. The van der Waals surface area contributed by atoms with Crippen LogP contribution in [0.15, 0.2) is 30.3 Å². The lowest BCUT2D eigenvalue weighted by Crippen LogP contribution is -2.56. The first kappa shape index (κ1) is 18.4. The number of carbonyl (C=O) groups excluding carboxylic acids is 2. The molecule has 0 bridgehead atoms. The number of anilines is 1. The van der Waals surface area contributed by atoms with Crippen LogP contribution in [0.25, 0.3) is 0 Å². The molecule has 27 heavy (non-hydrogen) atoms. The van der Waals surface area contributed by atoms with Gasteiger partial charge in [0.05, 0.1) is 12.0 Å². The molecule has 3 aliphatic rings. The molecule has 1 aliphatic carbocycles. The Kier molecular flexibility index (Phi) is 5.45. The average Bonchev–Trinajstić information content (AvgIpc) is 3.14. The van der Waals surface area contributed by atoms with E-state index in [1.54, 1.807) is 0 Å². The molecule has 146 valence electrons. The van der Waals surface area contributed by atoms with Crippen molar-refractivity contribution >= 4 is 17.5 Å². The number of carbonyl (C=O) groups is 2. The van der Waals surface area contributed by atoms with E-state index in [-0.39, 0.29) is 11.3 Å². The van der Waals surface area contributed by atoms with Crippen LogP contribution in [0.1, 0.15) is 25.7 Å². The van der Waals surface area contributed by atoms with E-state index in [0.29, 0.717) is 18.4 Å². The van der Waals surface area contributed by atoms with Crippen molar-refractivity contribution in [3.8, 4) is 0 Å². The van der Waals surface area contributed by atoms with Gasteiger partial charge in [-0.05, 0) is 37.4 Å². The third-order valence-electron chi connectivity index (χ3n) is 6.55. The second-order valence-electron chi connectivity index (χ2n) is 8.21. The molecule has 0 radical (unpaired) electrons. The van der Waals surface area contributed by atoms with Gasteiger partial charge in [-0.1, -0.05) is 31.0 Å². The Morgan fingerprint density at radius 3 is 2.67 bits per heavy atom. The second-order valence-corrected chi connectivity index (χ2v) is 8.21. The first-order valence-corrected chi connectivity index (χ1v) is 10.2. The zero-order chi connectivity index (χ0) is 18.7.